The SMILES string of the molecule is COc1ccc(CNC(=O)C(=O)N[C@@H]2C(=O)N(C(C)C)c3ccccc32)cc1OC. The van der Waals surface area contributed by atoms with Crippen molar-refractivity contribution >= 4 is 23.4 Å². The van der Waals surface area contributed by atoms with E-state index in [0.717, 1.165) is 11.3 Å². The van der Waals surface area contributed by atoms with Crippen molar-refractivity contribution in [3.63, 3.8) is 0 Å². The van der Waals surface area contributed by atoms with Crippen LogP contribution in [0.3, 0.4) is 0 Å². The predicted molar refractivity (Wildman–Crippen MR) is 111 cm³/mol. The predicted octanol–water partition coefficient (Wildman–Crippen LogP) is 1.93. The van der Waals surface area contributed by atoms with Crippen molar-refractivity contribution in [3.05, 3.63) is 53.6 Å². The average Bonchev–Trinajstić information content (AvgIpc) is 3.03. The summed E-state index contributed by atoms with van der Waals surface area (Å²) in [5.41, 5.74) is 2.16. The molecule has 0 spiro atoms. The number of carbonyl (C=O) groups is 3. The van der Waals surface area contributed by atoms with E-state index < -0.39 is 17.9 Å². The van der Waals surface area contributed by atoms with Gasteiger partial charge in [-0.25, -0.2) is 0 Å². The van der Waals surface area contributed by atoms with Gasteiger partial charge in [-0.15, -0.1) is 0 Å². The van der Waals surface area contributed by atoms with Gasteiger partial charge in [0.25, 0.3) is 5.91 Å². The number of benzene rings is 2. The molecular weight excluding hydrogens is 386 g/mol. The largest absolute Gasteiger partial charge is 0.493 e. The first kappa shape index (κ1) is 21.2. The van der Waals surface area contributed by atoms with Crippen molar-refractivity contribution in [2.45, 2.75) is 32.5 Å². The molecule has 0 fully saturated rings. The Morgan fingerprint density at radius 3 is 2.40 bits per heavy atom. The third kappa shape index (κ3) is 4.07. The first-order valence-electron chi connectivity index (χ1n) is 9.59. The molecule has 0 radical (unpaired) electrons. The summed E-state index contributed by atoms with van der Waals surface area (Å²) < 4.78 is 10.4. The van der Waals surface area contributed by atoms with Gasteiger partial charge in [0, 0.05) is 23.8 Å². The lowest BCUT2D eigenvalue weighted by atomic mass is 10.1. The quantitative estimate of drug-likeness (QED) is 0.708. The van der Waals surface area contributed by atoms with E-state index in [-0.39, 0.29) is 18.5 Å². The van der Waals surface area contributed by atoms with Gasteiger partial charge in [-0.2, -0.15) is 0 Å². The van der Waals surface area contributed by atoms with Crippen LogP contribution in [0.1, 0.15) is 31.0 Å². The van der Waals surface area contributed by atoms with E-state index in [1.807, 2.05) is 26.0 Å². The molecule has 3 rings (SSSR count). The zero-order valence-corrected chi connectivity index (χ0v) is 17.4. The summed E-state index contributed by atoms with van der Waals surface area (Å²) in [6, 6.07) is 11.5. The van der Waals surface area contributed by atoms with E-state index in [9.17, 15) is 14.4 Å². The molecule has 2 N–H and O–H groups in total. The number of amides is 3. The van der Waals surface area contributed by atoms with Crippen LogP contribution in [0, 0.1) is 0 Å². The Balaban J connectivity index is 1.66. The van der Waals surface area contributed by atoms with Crippen LogP contribution in [0.5, 0.6) is 11.5 Å². The Bertz CT molecular complexity index is 973. The number of para-hydroxylation sites is 1. The molecule has 1 atom stereocenters. The molecule has 0 saturated carbocycles. The molecule has 158 valence electrons. The summed E-state index contributed by atoms with van der Waals surface area (Å²) in [5.74, 6) is -0.853. The summed E-state index contributed by atoms with van der Waals surface area (Å²) in [4.78, 5) is 39.2. The van der Waals surface area contributed by atoms with Crippen LogP contribution in [0.4, 0.5) is 5.69 Å². The standard InChI is InChI=1S/C22H25N3O5/c1-13(2)25-16-8-6-5-7-15(16)19(22(25)28)24-21(27)20(26)23-12-14-9-10-17(29-3)18(11-14)30-4/h5-11,13,19H,12H2,1-4H3,(H,23,26)(H,24,27)/t19-/m0/s1. The minimum Gasteiger partial charge on any atom is -0.493 e. The maximum Gasteiger partial charge on any atom is 0.310 e. The molecule has 0 saturated heterocycles. The zero-order chi connectivity index (χ0) is 21.8. The van der Waals surface area contributed by atoms with Crippen molar-refractivity contribution in [2.24, 2.45) is 0 Å². The van der Waals surface area contributed by atoms with Crippen LogP contribution in [-0.4, -0.2) is 38.0 Å². The third-order valence-electron chi connectivity index (χ3n) is 4.89. The number of nitrogens with one attached hydrogen (secondary N) is 2. The molecular formula is C22H25N3O5. The first-order chi connectivity index (χ1) is 14.4. The van der Waals surface area contributed by atoms with E-state index in [1.165, 1.54) is 14.2 Å². The molecule has 8 heteroatoms. The summed E-state index contributed by atoms with van der Waals surface area (Å²) >= 11 is 0. The number of fused-ring (bicyclic) bond motifs is 1. The maximum atomic E-state index is 12.8. The molecule has 1 aliphatic heterocycles. The van der Waals surface area contributed by atoms with Crippen molar-refractivity contribution in [1.29, 1.82) is 0 Å². The number of hydrogen-bond donors (Lipinski definition) is 2. The Labute approximate surface area is 175 Å². The molecule has 3 amide bonds. The monoisotopic (exact) mass is 411 g/mol. The van der Waals surface area contributed by atoms with E-state index in [4.69, 9.17) is 9.47 Å². The van der Waals surface area contributed by atoms with Crippen molar-refractivity contribution < 1.29 is 23.9 Å². The van der Waals surface area contributed by atoms with Gasteiger partial charge in [-0.05, 0) is 37.6 Å². The van der Waals surface area contributed by atoms with Gasteiger partial charge >= 0.3 is 11.8 Å². The van der Waals surface area contributed by atoms with Gasteiger partial charge in [0.1, 0.15) is 6.04 Å². The molecule has 2 aromatic carbocycles. The lowest BCUT2D eigenvalue weighted by Crippen LogP contribution is -2.45. The minimum absolute atomic E-state index is 0.0700. The number of hydrogen-bond acceptors (Lipinski definition) is 5. The van der Waals surface area contributed by atoms with E-state index in [0.29, 0.717) is 17.1 Å². The summed E-state index contributed by atoms with van der Waals surface area (Å²) in [6.45, 7) is 3.92. The average molecular weight is 411 g/mol. The number of ether oxygens (including phenoxy) is 2. The highest BCUT2D eigenvalue weighted by molar-refractivity contribution is 6.35. The number of carbonyl (C=O) groups excluding carboxylic acids is 3. The van der Waals surface area contributed by atoms with Gasteiger partial charge < -0.3 is 25.0 Å². The highest BCUT2D eigenvalue weighted by atomic mass is 16.5. The van der Waals surface area contributed by atoms with Gasteiger partial charge in [0.2, 0.25) is 0 Å². The number of anilines is 1. The second kappa shape index (κ2) is 8.86. The van der Waals surface area contributed by atoms with Gasteiger partial charge in [0.15, 0.2) is 11.5 Å². The Morgan fingerprint density at radius 1 is 1.03 bits per heavy atom. The smallest absolute Gasteiger partial charge is 0.310 e. The molecule has 2 aromatic rings. The molecule has 0 aliphatic carbocycles. The van der Waals surface area contributed by atoms with Crippen LogP contribution >= 0.6 is 0 Å². The van der Waals surface area contributed by atoms with Gasteiger partial charge in [-0.3, -0.25) is 14.4 Å². The lowest BCUT2D eigenvalue weighted by molar-refractivity contribution is -0.140. The third-order valence-corrected chi connectivity index (χ3v) is 4.89. The topological polar surface area (TPSA) is 97.0 Å². The Morgan fingerprint density at radius 2 is 1.73 bits per heavy atom. The molecule has 1 heterocycles. The summed E-state index contributed by atoms with van der Waals surface area (Å²) in [5, 5.41) is 5.12. The second-order valence-corrected chi connectivity index (χ2v) is 7.14. The maximum absolute atomic E-state index is 12.8. The van der Waals surface area contributed by atoms with Gasteiger partial charge in [0.05, 0.1) is 14.2 Å². The van der Waals surface area contributed by atoms with Crippen LogP contribution in [0.2, 0.25) is 0 Å². The Kier molecular flexibility index (Phi) is 6.25. The lowest BCUT2D eigenvalue weighted by Gasteiger charge is -2.22. The van der Waals surface area contributed by atoms with Crippen molar-refractivity contribution in [1.82, 2.24) is 10.6 Å². The fourth-order valence-electron chi connectivity index (χ4n) is 3.46. The first-order valence-corrected chi connectivity index (χ1v) is 9.59. The number of rotatable bonds is 6. The Hall–Kier alpha value is -3.55. The van der Waals surface area contributed by atoms with E-state index >= 15 is 0 Å². The molecule has 1 aliphatic rings. The highest BCUT2D eigenvalue weighted by Gasteiger charge is 2.39. The van der Waals surface area contributed by atoms with Gasteiger partial charge in [-0.1, -0.05) is 24.3 Å². The minimum atomic E-state index is -0.886. The normalized spacial score (nSPS) is 15.0. The molecule has 0 unspecified atom stereocenters. The molecule has 0 bridgehead atoms. The molecule has 8 nitrogen and oxygen atoms in total. The fraction of sp³-hybridized carbons (Fsp3) is 0.318. The fourth-order valence-corrected chi connectivity index (χ4v) is 3.46. The van der Waals surface area contributed by atoms with Crippen LogP contribution in [0.15, 0.2) is 42.5 Å². The van der Waals surface area contributed by atoms with E-state index in [1.54, 1.807) is 35.2 Å². The van der Waals surface area contributed by atoms with Crippen molar-refractivity contribution in [2.75, 3.05) is 19.1 Å². The van der Waals surface area contributed by atoms with Crippen LogP contribution in [0.25, 0.3) is 0 Å². The highest BCUT2D eigenvalue weighted by Crippen LogP contribution is 2.36. The van der Waals surface area contributed by atoms with Crippen molar-refractivity contribution in [3.8, 4) is 11.5 Å². The molecule has 0 aromatic heterocycles. The summed E-state index contributed by atoms with van der Waals surface area (Å²) in [6.07, 6.45) is 0. The van der Waals surface area contributed by atoms with Crippen LogP contribution < -0.4 is 25.0 Å². The summed E-state index contributed by atoms with van der Waals surface area (Å²) in [7, 11) is 3.05. The second-order valence-electron chi connectivity index (χ2n) is 7.14. The zero-order valence-electron chi connectivity index (χ0n) is 17.4. The van der Waals surface area contributed by atoms with E-state index in [2.05, 4.69) is 10.6 Å². The number of nitrogens with zero attached hydrogens (tertiary/aromatic N) is 1. The number of methoxy groups -OCH3 is 2. The van der Waals surface area contributed by atoms with Crippen LogP contribution in [-0.2, 0) is 20.9 Å². The molecule has 30 heavy (non-hydrogen) atoms.